The molecule has 1 amide bonds. The Hall–Kier alpha value is -2.66. The largest absolute Gasteiger partial charge is 0.487 e. The fraction of sp³-hybridized carbons (Fsp3) is 0.211. The lowest BCUT2D eigenvalue weighted by atomic mass is 9.98. The second-order valence-corrected chi connectivity index (χ2v) is 5.96. The van der Waals surface area contributed by atoms with E-state index in [0.717, 1.165) is 23.1 Å². The van der Waals surface area contributed by atoms with Crippen LogP contribution in [0.25, 0.3) is 11.3 Å². The number of amides is 1. The normalized spacial score (nSPS) is 18.2. The van der Waals surface area contributed by atoms with Crippen LogP contribution in [0.5, 0.6) is 0 Å². The summed E-state index contributed by atoms with van der Waals surface area (Å²) in [5, 5.41) is 11.7. The maximum absolute atomic E-state index is 13.6. The summed E-state index contributed by atoms with van der Waals surface area (Å²) in [7, 11) is 0. The molecule has 0 atom stereocenters. The highest BCUT2D eigenvalue weighted by Crippen LogP contribution is 2.41. The van der Waals surface area contributed by atoms with Gasteiger partial charge in [0.05, 0.1) is 5.57 Å². The number of halogens is 1. The summed E-state index contributed by atoms with van der Waals surface area (Å²) in [5.74, 6) is -0.163. The van der Waals surface area contributed by atoms with E-state index in [9.17, 15) is 9.18 Å². The van der Waals surface area contributed by atoms with E-state index in [-0.39, 0.29) is 18.3 Å². The summed E-state index contributed by atoms with van der Waals surface area (Å²) in [4.78, 5) is 12.3. The van der Waals surface area contributed by atoms with Crippen molar-refractivity contribution in [2.75, 3.05) is 11.9 Å². The number of aliphatic hydroxyl groups is 1. The van der Waals surface area contributed by atoms with Crippen LogP contribution in [0.4, 0.5) is 10.1 Å². The molecule has 0 bridgehead atoms. The van der Waals surface area contributed by atoms with E-state index in [4.69, 9.17) is 9.84 Å². The molecular weight excluding hydrogens is 309 g/mol. The topological polar surface area (TPSA) is 58.6 Å². The predicted molar refractivity (Wildman–Crippen MR) is 88.5 cm³/mol. The molecule has 2 aliphatic heterocycles. The minimum atomic E-state index is -0.388. The number of benzene rings is 2. The molecule has 0 aliphatic carbocycles. The van der Waals surface area contributed by atoms with Crippen LogP contribution in [-0.2, 0) is 22.6 Å². The van der Waals surface area contributed by atoms with E-state index in [0.29, 0.717) is 35.6 Å². The van der Waals surface area contributed by atoms with Gasteiger partial charge in [0, 0.05) is 29.0 Å². The number of carbonyl (C=O) groups is 1. The van der Waals surface area contributed by atoms with Crippen LogP contribution in [0.15, 0.2) is 36.4 Å². The van der Waals surface area contributed by atoms with Crippen molar-refractivity contribution in [3.05, 3.63) is 64.5 Å². The van der Waals surface area contributed by atoms with Gasteiger partial charge in [-0.1, -0.05) is 18.2 Å². The van der Waals surface area contributed by atoms with E-state index in [1.54, 1.807) is 6.07 Å². The van der Waals surface area contributed by atoms with Gasteiger partial charge in [-0.15, -0.1) is 0 Å². The number of rotatable bonds is 3. The zero-order chi connectivity index (χ0) is 16.7. The number of ether oxygens (including phenoxy) is 1. The van der Waals surface area contributed by atoms with Crippen LogP contribution >= 0.6 is 0 Å². The average Bonchev–Trinajstić information content (AvgIpc) is 3.12. The second-order valence-electron chi connectivity index (χ2n) is 5.96. The number of hydrogen-bond donors (Lipinski definition) is 2. The van der Waals surface area contributed by atoms with Crippen molar-refractivity contribution in [1.29, 1.82) is 0 Å². The van der Waals surface area contributed by atoms with E-state index in [2.05, 4.69) is 5.32 Å². The Kier molecular flexibility index (Phi) is 3.58. The molecule has 0 spiro atoms. The molecular formula is C19H16FNO3. The zero-order valence-corrected chi connectivity index (χ0v) is 12.9. The van der Waals surface area contributed by atoms with Crippen molar-refractivity contribution in [1.82, 2.24) is 0 Å². The number of aliphatic hydroxyl groups excluding tert-OH is 1. The summed E-state index contributed by atoms with van der Waals surface area (Å²) < 4.78 is 19.4. The second kappa shape index (κ2) is 5.76. The Bertz CT molecular complexity index is 873. The Morgan fingerprint density at radius 2 is 2.04 bits per heavy atom. The van der Waals surface area contributed by atoms with Gasteiger partial charge in [-0.25, -0.2) is 4.39 Å². The lowest BCUT2D eigenvalue weighted by molar-refractivity contribution is -0.110. The fourth-order valence-electron chi connectivity index (χ4n) is 3.23. The van der Waals surface area contributed by atoms with Gasteiger partial charge in [0.2, 0.25) is 0 Å². The molecule has 0 saturated carbocycles. The Labute approximate surface area is 138 Å². The van der Waals surface area contributed by atoms with Crippen molar-refractivity contribution in [2.24, 2.45) is 0 Å². The van der Waals surface area contributed by atoms with Crippen LogP contribution in [-0.4, -0.2) is 17.6 Å². The lowest BCUT2D eigenvalue weighted by Gasteiger charge is -2.06. The highest BCUT2D eigenvalue weighted by molar-refractivity contribution is 6.36. The first-order valence-electron chi connectivity index (χ1n) is 7.89. The molecule has 4 nitrogen and oxygen atoms in total. The lowest BCUT2D eigenvalue weighted by Crippen LogP contribution is -2.05. The van der Waals surface area contributed by atoms with Crippen molar-refractivity contribution in [3.8, 4) is 0 Å². The third kappa shape index (κ3) is 2.37. The molecule has 24 heavy (non-hydrogen) atoms. The number of fused-ring (bicyclic) bond motifs is 2. The van der Waals surface area contributed by atoms with Crippen molar-refractivity contribution >= 4 is 22.9 Å². The summed E-state index contributed by atoms with van der Waals surface area (Å²) in [6.07, 6.45) is 1.51. The molecule has 2 aromatic carbocycles. The highest BCUT2D eigenvalue weighted by atomic mass is 19.1. The number of hydrogen-bond acceptors (Lipinski definition) is 3. The fourth-order valence-corrected chi connectivity index (χ4v) is 3.23. The highest BCUT2D eigenvalue weighted by Gasteiger charge is 2.32. The zero-order valence-electron chi connectivity index (χ0n) is 12.9. The van der Waals surface area contributed by atoms with E-state index in [1.165, 1.54) is 12.1 Å². The molecule has 0 radical (unpaired) electrons. The van der Waals surface area contributed by atoms with Crippen molar-refractivity contribution in [2.45, 2.75) is 19.4 Å². The van der Waals surface area contributed by atoms with Gasteiger partial charge in [-0.05, 0) is 36.6 Å². The maximum Gasteiger partial charge on any atom is 0.260 e. The first-order chi connectivity index (χ1) is 11.7. The van der Waals surface area contributed by atoms with Gasteiger partial charge in [0.1, 0.15) is 18.2 Å². The van der Waals surface area contributed by atoms with E-state index >= 15 is 0 Å². The summed E-state index contributed by atoms with van der Waals surface area (Å²) in [6.45, 7) is 0.546. The molecule has 2 aliphatic rings. The molecule has 2 heterocycles. The van der Waals surface area contributed by atoms with Crippen molar-refractivity contribution in [3.63, 3.8) is 0 Å². The van der Waals surface area contributed by atoms with Crippen LogP contribution < -0.4 is 5.32 Å². The molecule has 0 saturated heterocycles. The average molecular weight is 325 g/mol. The van der Waals surface area contributed by atoms with E-state index < -0.39 is 0 Å². The molecule has 122 valence electrons. The molecule has 2 aromatic rings. The van der Waals surface area contributed by atoms with Gasteiger partial charge in [0.15, 0.2) is 0 Å². The summed E-state index contributed by atoms with van der Waals surface area (Å²) in [5.41, 5.74) is 4.51. The SMILES string of the molecule is O=C1Nc2ccc(F)cc2C1=C1OCc2cc(CCCO)ccc21. The monoisotopic (exact) mass is 325 g/mol. The van der Waals surface area contributed by atoms with Crippen LogP contribution in [0.1, 0.15) is 28.7 Å². The minimum absolute atomic E-state index is 0.158. The number of nitrogens with one attached hydrogen (secondary N) is 1. The molecule has 0 aromatic heterocycles. The molecule has 2 N–H and O–H groups in total. The van der Waals surface area contributed by atoms with Gasteiger partial charge in [0.25, 0.3) is 5.91 Å². The Balaban J connectivity index is 1.79. The number of carbonyl (C=O) groups excluding carboxylic acids is 1. The third-order valence-corrected chi connectivity index (χ3v) is 4.36. The quantitative estimate of drug-likeness (QED) is 0.853. The number of anilines is 1. The minimum Gasteiger partial charge on any atom is -0.487 e. The predicted octanol–water partition coefficient (Wildman–Crippen LogP) is 3.10. The van der Waals surface area contributed by atoms with Crippen LogP contribution in [0.2, 0.25) is 0 Å². The maximum atomic E-state index is 13.6. The van der Waals surface area contributed by atoms with Gasteiger partial charge < -0.3 is 15.2 Å². The molecule has 4 rings (SSSR count). The van der Waals surface area contributed by atoms with Crippen molar-refractivity contribution < 1.29 is 19.0 Å². The smallest absolute Gasteiger partial charge is 0.260 e. The Morgan fingerprint density at radius 1 is 1.17 bits per heavy atom. The van der Waals surface area contributed by atoms with Gasteiger partial charge in [-0.3, -0.25) is 4.79 Å². The first-order valence-corrected chi connectivity index (χ1v) is 7.89. The summed E-state index contributed by atoms with van der Waals surface area (Å²) >= 11 is 0. The third-order valence-electron chi connectivity index (χ3n) is 4.36. The summed E-state index contributed by atoms with van der Waals surface area (Å²) in [6, 6.07) is 10.2. The van der Waals surface area contributed by atoms with Gasteiger partial charge in [-0.2, -0.15) is 0 Å². The number of aryl methyl sites for hydroxylation is 1. The first kappa shape index (κ1) is 14.9. The standard InChI is InChI=1S/C19H16FNO3/c20-13-4-6-16-15(9-13)17(19(23)21-16)18-14-5-3-11(2-1-7-22)8-12(14)10-24-18/h3-6,8-9,22H,1-2,7,10H2,(H,21,23). The van der Waals surface area contributed by atoms with Crippen LogP contribution in [0.3, 0.4) is 0 Å². The van der Waals surface area contributed by atoms with E-state index in [1.807, 2.05) is 18.2 Å². The van der Waals surface area contributed by atoms with Gasteiger partial charge >= 0.3 is 0 Å². The van der Waals surface area contributed by atoms with Crippen LogP contribution in [0, 0.1) is 5.82 Å². The molecule has 0 unspecified atom stereocenters. The molecule has 5 heteroatoms. The molecule has 0 fully saturated rings. The Morgan fingerprint density at radius 3 is 2.88 bits per heavy atom.